The third kappa shape index (κ3) is 5.29. The first kappa shape index (κ1) is 24.2. The lowest BCUT2D eigenvalue weighted by molar-refractivity contribution is -0.131. The van der Waals surface area contributed by atoms with E-state index >= 15 is 0 Å². The van der Waals surface area contributed by atoms with Gasteiger partial charge in [-0.2, -0.15) is 0 Å². The van der Waals surface area contributed by atoms with Gasteiger partial charge in [0.1, 0.15) is 11.4 Å². The molecule has 1 aliphatic carbocycles. The maximum atomic E-state index is 14.4. The molecule has 2 fully saturated rings. The van der Waals surface area contributed by atoms with Crippen LogP contribution < -0.4 is 11.2 Å². The number of Topliss-reactive ketones (excluding diaryl/α,β-unsaturated/α-hetero) is 1. The first-order chi connectivity index (χ1) is 14.9. The Morgan fingerprint density at radius 2 is 1.97 bits per heavy atom. The number of ketones is 1. The van der Waals surface area contributed by atoms with Crippen LogP contribution in [0.2, 0.25) is 0 Å². The van der Waals surface area contributed by atoms with Crippen molar-refractivity contribution in [3.05, 3.63) is 29.6 Å². The van der Waals surface area contributed by atoms with E-state index in [9.17, 15) is 18.8 Å². The van der Waals surface area contributed by atoms with E-state index in [4.69, 9.17) is 20.5 Å². The number of halogens is 1. The van der Waals surface area contributed by atoms with Crippen molar-refractivity contribution in [2.45, 2.75) is 70.6 Å². The summed E-state index contributed by atoms with van der Waals surface area (Å²) in [5, 5.41) is 18.3. The lowest BCUT2D eigenvalue weighted by Crippen LogP contribution is -2.51. The van der Waals surface area contributed by atoms with Crippen molar-refractivity contribution in [1.82, 2.24) is 4.90 Å². The van der Waals surface area contributed by atoms with Crippen LogP contribution in [0, 0.1) is 17.7 Å². The number of hydrogen-bond acceptors (Lipinski definition) is 6. The van der Waals surface area contributed by atoms with E-state index in [0.29, 0.717) is 0 Å². The topological polar surface area (TPSA) is 130 Å². The van der Waals surface area contributed by atoms with Gasteiger partial charge >= 0.3 is 13.2 Å². The molecular formula is C22H30BFN2O6. The molecule has 32 heavy (non-hydrogen) atoms. The van der Waals surface area contributed by atoms with E-state index in [2.05, 4.69) is 0 Å². The summed E-state index contributed by atoms with van der Waals surface area (Å²) in [6.07, 6.45) is 1.48. The van der Waals surface area contributed by atoms with Crippen molar-refractivity contribution >= 4 is 30.4 Å². The summed E-state index contributed by atoms with van der Waals surface area (Å²) in [7, 11) is -1.82. The predicted octanol–water partition coefficient (Wildman–Crippen LogP) is 0.897. The van der Waals surface area contributed by atoms with Crippen LogP contribution in [0.15, 0.2) is 18.2 Å². The molecule has 0 unspecified atom stereocenters. The Bertz CT molecular complexity index is 903. The SMILES string of the molecule is CC(C)(C)OC(=O)N1[C@@H]2CC[C@@H](C2)[C@H]1C(=O)C[C@@H](Cc1ccc(B(O)O)cc1F)C(N)=O. The van der Waals surface area contributed by atoms with E-state index in [1.54, 1.807) is 20.8 Å². The molecule has 174 valence electrons. The van der Waals surface area contributed by atoms with Crippen LogP contribution in [-0.4, -0.2) is 57.5 Å². The Balaban J connectivity index is 1.75. The van der Waals surface area contributed by atoms with Crippen molar-refractivity contribution < 1.29 is 33.6 Å². The van der Waals surface area contributed by atoms with Crippen LogP contribution in [0.3, 0.4) is 0 Å². The minimum atomic E-state index is -1.82. The van der Waals surface area contributed by atoms with Crippen LogP contribution in [0.5, 0.6) is 0 Å². The minimum absolute atomic E-state index is 0.00982. The predicted molar refractivity (Wildman–Crippen MR) is 115 cm³/mol. The van der Waals surface area contributed by atoms with Gasteiger partial charge in [0, 0.05) is 18.4 Å². The second-order valence-electron chi connectivity index (χ2n) is 9.76. The number of likely N-dealkylation sites (tertiary alicyclic amines) is 1. The van der Waals surface area contributed by atoms with Gasteiger partial charge in [-0.05, 0) is 69.5 Å². The number of amides is 2. The number of carbonyl (C=O) groups excluding carboxylic acids is 3. The van der Waals surface area contributed by atoms with Gasteiger partial charge in [-0.25, -0.2) is 9.18 Å². The Morgan fingerprint density at radius 3 is 2.53 bits per heavy atom. The molecule has 1 aromatic rings. The highest BCUT2D eigenvalue weighted by molar-refractivity contribution is 6.58. The maximum absolute atomic E-state index is 14.4. The third-order valence-electron chi connectivity index (χ3n) is 6.21. The number of nitrogens with zero attached hydrogens (tertiary/aromatic N) is 1. The second kappa shape index (κ2) is 9.19. The number of primary amides is 1. The second-order valence-corrected chi connectivity index (χ2v) is 9.76. The number of nitrogens with two attached hydrogens (primary N) is 1. The standard InChI is InChI=1S/C22H30BFN2O6/c1-22(2,3)32-21(29)26-16-7-5-13(9-16)19(26)18(27)10-14(20(25)28)8-12-4-6-15(23(30)31)11-17(12)24/h4,6,11,13-14,16,19,30-31H,5,7-10H2,1-3H3,(H2,25,28)/t13-,14+,16+,19-/m0/s1. The number of fused-ring (bicyclic) bond motifs is 2. The van der Waals surface area contributed by atoms with Crippen molar-refractivity contribution in [2.75, 3.05) is 0 Å². The molecule has 1 saturated carbocycles. The molecule has 4 N–H and O–H groups in total. The molecule has 2 amide bonds. The van der Waals surface area contributed by atoms with Crippen LogP contribution in [-0.2, 0) is 20.7 Å². The number of piperidine rings is 1. The van der Waals surface area contributed by atoms with E-state index < -0.39 is 42.5 Å². The Kier molecular flexibility index (Phi) is 6.95. The zero-order chi connectivity index (χ0) is 23.8. The average Bonchev–Trinajstić information content (AvgIpc) is 3.28. The summed E-state index contributed by atoms with van der Waals surface area (Å²) in [5.74, 6) is -2.69. The number of benzene rings is 1. The zero-order valence-corrected chi connectivity index (χ0v) is 18.6. The largest absolute Gasteiger partial charge is 0.488 e. The van der Waals surface area contributed by atoms with Crippen molar-refractivity contribution in [3.63, 3.8) is 0 Å². The quantitative estimate of drug-likeness (QED) is 0.532. The van der Waals surface area contributed by atoms with Crippen molar-refractivity contribution in [1.29, 1.82) is 0 Å². The Labute approximate surface area is 187 Å². The van der Waals surface area contributed by atoms with Crippen LogP contribution >= 0.6 is 0 Å². The van der Waals surface area contributed by atoms with Gasteiger partial charge < -0.3 is 20.5 Å². The molecule has 0 spiro atoms. The third-order valence-corrected chi connectivity index (χ3v) is 6.21. The highest BCUT2D eigenvalue weighted by Crippen LogP contribution is 2.44. The highest BCUT2D eigenvalue weighted by atomic mass is 19.1. The molecule has 10 heteroatoms. The van der Waals surface area contributed by atoms with Gasteiger partial charge in [0.2, 0.25) is 5.91 Å². The fourth-order valence-corrected chi connectivity index (χ4v) is 4.77. The van der Waals surface area contributed by atoms with Crippen LogP contribution in [0.1, 0.15) is 52.0 Å². The summed E-state index contributed by atoms with van der Waals surface area (Å²) in [4.78, 5) is 39.6. The van der Waals surface area contributed by atoms with E-state index in [1.807, 2.05) is 0 Å². The molecule has 0 radical (unpaired) electrons. The fourth-order valence-electron chi connectivity index (χ4n) is 4.77. The van der Waals surface area contributed by atoms with Gasteiger partial charge in [0.15, 0.2) is 5.78 Å². The number of rotatable bonds is 7. The highest BCUT2D eigenvalue weighted by Gasteiger charge is 2.52. The molecule has 0 aromatic heterocycles. The van der Waals surface area contributed by atoms with Crippen LogP contribution in [0.4, 0.5) is 9.18 Å². The molecule has 1 saturated heterocycles. The summed E-state index contributed by atoms with van der Waals surface area (Å²) >= 11 is 0. The lowest BCUT2D eigenvalue weighted by atomic mass is 9.79. The summed E-state index contributed by atoms with van der Waals surface area (Å²) in [6.45, 7) is 5.28. The molecule has 2 aliphatic rings. The molecule has 8 nitrogen and oxygen atoms in total. The monoisotopic (exact) mass is 448 g/mol. The minimum Gasteiger partial charge on any atom is -0.444 e. The Morgan fingerprint density at radius 1 is 1.28 bits per heavy atom. The molecule has 2 bridgehead atoms. The number of carbonyl (C=O) groups is 3. The molecule has 1 aliphatic heterocycles. The average molecular weight is 448 g/mol. The van der Waals surface area contributed by atoms with Gasteiger partial charge in [-0.3, -0.25) is 14.5 Å². The van der Waals surface area contributed by atoms with E-state index in [1.165, 1.54) is 17.0 Å². The van der Waals surface area contributed by atoms with Crippen molar-refractivity contribution in [2.24, 2.45) is 17.6 Å². The summed E-state index contributed by atoms with van der Waals surface area (Å²) < 4.78 is 19.9. The first-order valence-corrected chi connectivity index (χ1v) is 10.8. The normalized spacial score (nSPS) is 23.2. The van der Waals surface area contributed by atoms with Crippen molar-refractivity contribution in [3.8, 4) is 0 Å². The van der Waals surface area contributed by atoms with Gasteiger partial charge in [0.25, 0.3) is 0 Å². The molecule has 3 rings (SSSR count). The van der Waals surface area contributed by atoms with E-state index in [0.717, 1.165) is 25.3 Å². The zero-order valence-electron chi connectivity index (χ0n) is 18.6. The number of ether oxygens (including phenoxy) is 1. The fraction of sp³-hybridized carbons (Fsp3) is 0.591. The van der Waals surface area contributed by atoms with E-state index in [-0.39, 0.29) is 41.6 Å². The number of hydrogen-bond donors (Lipinski definition) is 3. The first-order valence-electron chi connectivity index (χ1n) is 10.8. The maximum Gasteiger partial charge on any atom is 0.488 e. The summed E-state index contributed by atoms with van der Waals surface area (Å²) in [5.41, 5.74) is 4.94. The summed E-state index contributed by atoms with van der Waals surface area (Å²) in [6, 6.07) is 2.91. The molecule has 1 aromatic carbocycles. The molecule has 1 heterocycles. The van der Waals surface area contributed by atoms with Gasteiger partial charge in [-0.15, -0.1) is 0 Å². The van der Waals surface area contributed by atoms with Crippen LogP contribution in [0.25, 0.3) is 0 Å². The molecule has 4 atom stereocenters. The Hall–Kier alpha value is -2.46. The van der Waals surface area contributed by atoms with Gasteiger partial charge in [-0.1, -0.05) is 12.1 Å². The lowest BCUT2D eigenvalue weighted by Gasteiger charge is -2.36. The smallest absolute Gasteiger partial charge is 0.444 e. The molecular weight excluding hydrogens is 418 g/mol. The van der Waals surface area contributed by atoms with Gasteiger partial charge in [0.05, 0.1) is 6.04 Å².